The first kappa shape index (κ1) is 54.6. The third-order valence-electron chi connectivity index (χ3n) is 10.5. The summed E-state index contributed by atoms with van der Waals surface area (Å²) in [7, 11) is 0. The number of carbonyl (C=O) groups is 8. The van der Waals surface area contributed by atoms with Crippen LogP contribution in [0.1, 0.15) is 75.7 Å². The molecule has 0 spiro atoms. The SMILES string of the molecule is CC(=O)NC1[C@H](OCCCNC(=O)C(F)(F)F)OC(COC(C)=O)[C@@H](O[C@@H]2OC(COC(C)=O)[C@H](C)[C@H](O[C@H]3OC(COC(C)=O)[C@H](OC(C)=O)[C@H](C)C3NC(C)=O)C2OC(C)=O)[C@@H]1C. The molecular weight excluding hydrogens is 883 g/mol. The number of ether oxygens (including phenoxy) is 11. The number of nitrogens with one attached hydrogen (secondary N) is 3. The monoisotopic (exact) mass is 943 g/mol. The summed E-state index contributed by atoms with van der Waals surface area (Å²) in [5.74, 6) is -9.28. The van der Waals surface area contributed by atoms with Gasteiger partial charge in [0.15, 0.2) is 25.0 Å². The van der Waals surface area contributed by atoms with Crippen molar-refractivity contribution in [3.05, 3.63) is 0 Å². The Balaban J connectivity index is 2.07. The second-order valence-corrected chi connectivity index (χ2v) is 15.9. The van der Waals surface area contributed by atoms with Crippen molar-refractivity contribution in [2.45, 2.75) is 156 Å². The molecule has 0 saturated carbocycles. The van der Waals surface area contributed by atoms with Crippen LogP contribution in [0.2, 0.25) is 0 Å². The highest BCUT2D eigenvalue weighted by Gasteiger charge is 2.55. The maximum absolute atomic E-state index is 12.9. The zero-order valence-electron chi connectivity index (χ0n) is 37.8. The van der Waals surface area contributed by atoms with E-state index < -0.39 is 165 Å². The average molecular weight is 944 g/mol. The van der Waals surface area contributed by atoms with Crippen molar-refractivity contribution in [3.63, 3.8) is 0 Å². The average Bonchev–Trinajstić information content (AvgIpc) is 3.18. The van der Waals surface area contributed by atoms with Crippen molar-refractivity contribution in [3.8, 4) is 0 Å². The van der Waals surface area contributed by atoms with Crippen molar-refractivity contribution >= 4 is 47.6 Å². The van der Waals surface area contributed by atoms with E-state index in [9.17, 15) is 51.5 Å². The first-order valence-corrected chi connectivity index (χ1v) is 20.8. The van der Waals surface area contributed by atoms with E-state index in [0.29, 0.717) is 0 Å². The van der Waals surface area contributed by atoms with Crippen molar-refractivity contribution in [1.29, 1.82) is 0 Å². The number of rotatable bonds is 19. The van der Waals surface area contributed by atoms with Crippen LogP contribution in [0.3, 0.4) is 0 Å². The van der Waals surface area contributed by atoms with Gasteiger partial charge in [-0.25, -0.2) is 0 Å². The van der Waals surface area contributed by atoms with Crippen LogP contribution in [0.15, 0.2) is 0 Å². The Bertz CT molecular complexity index is 1680. The van der Waals surface area contributed by atoms with E-state index in [-0.39, 0.29) is 19.6 Å². The lowest BCUT2D eigenvalue weighted by atomic mass is 9.86. The zero-order valence-corrected chi connectivity index (χ0v) is 37.8. The molecule has 15 atom stereocenters. The summed E-state index contributed by atoms with van der Waals surface area (Å²) in [6.07, 6.45) is -18.1. The molecule has 0 aromatic heterocycles. The fourth-order valence-corrected chi connectivity index (χ4v) is 7.57. The van der Waals surface area contributed by atoms with E-state index in [1.54, 1.807) is 26.1 Å². The molecule has 0 aliphatic carbocycles. The van der Waals surface area contributed by atoms with Crippen LogP contribution in [-0.2, 0) is 90.5 Å². The van der Waals surface area contributed by atoms with Crippen LogP contribution < -0.4 is 16.0 Å². The summed E-state index contributed by atoms with van der Waals surface area (Å²) in [5, 5.41) is 7.19. The van der Waals surface area contributed by atoms with E-state index in [1.165, 1.54) is 13.8 Å². The molecule has 3 aliphatic heterocycles. The van der Waals surface area contributed by atoms with Crippen molar-refractivity contribution in [1.82, 2.24) is 16.0 Å². The van der Waals surface area contributed by atoms with Gasteiger partial charge in [-0.1, -0.05) is 20.8 Å². The predicted octanol–water partition coefficient (Wildman–Crippen LogP) is 0.487. The first-order valence-electron chi connectivity index (χ1n) is 20.8. The van der Waals surface area contributed by atoms with Gasteiger partial charge in [0.1, 0.15) is 50.3 Å². The van der Waals surface area contributed by atoms with E-state index in [2.05, 4.69) is 10.6 Å². The summed E-state index contributed by atoms with van der Waals surface area (Å²) in [5.41, 5.74) is 0. The van der Waals surface area contributed by atoms with Crippen LogP contribution in [0.4, 0.5) is 13.2 Å². The topological polar surface area (TPSA) is 274 Å². The largest absolute Gasteiger partial charge is 0.471 e. The predicted molar refractivity (Wildman–Crippen MR) is 209 cm³/mol. The van der Waals surface area contributed by atoms with Crippen LogP contribution >= 0.6 is 0 Å². The highest BCUT2D eigenvalue weighted by molar-refractivity contribution is 5.81. The van der Waals surface area contributed by atoms with E-state index in [1.807, 2.05) is 0 Å². The number of carbonyl (C=O) groups excluding carboxylic acids is 8. The number of halogens is 3. The van der Waals surface area contributed by atoms with Crippen molar-refractivity contribution in [2.75, 3.05) is 33.0 Å². The quantitative estimate of drug-likeness (QED) is 0.0903. The Kier molecular flexibility index (Phi) is 20.8. The lowest BCUT2D eigenvalue weighted by molar-refractivity contribution is -0.358. The molecule has 0 aromatic rings. The van der Waals surface area contributed by atoms with Crippen molar-refractivity contribution in [2.24, 2.45) is 17.8 Å². The van der Waals surface area contributed by atoms with Crippen LogP contribution in [0.5, 0.6) is 0 Å². The summed E-state index contributed by atoms with van der Waals surface area (Å²) in [6, 6.07) is -2.11. The van der Waals surface area contributed by atoms with Gasteiger partial charge in [-0.3, -0.25) is 38.4 Å². The third kappa shape index (κ3) is 16.6. The van der Waals surface area contributed by atoms with Crippen LogP contribution in [-0.4, -0.2) is 160 Å². The van der Waals surface area contributed by atoms with Gasteiger partial charge in [-0.2, -0.15) is 13.2 Å². The Hall–Kier alpha value is -4.69. The van der Waals surface area contributed by atoms with E-state index in [4.69, 9.17) is 52.1 Å². The molecule has 0 radical (unpaired) electrons. The lowest BCUT2D eigenvalue weighted by Crippen LogP contribution is -2.66. The Morgan fingerprint density at radius 1 is 0.523 bits per heavy atom. The minimum atomic E-state index is -5.10. The zero-order chi connectivity index (χ0) is 48.9. The van der Waals surface area contributed by atoms with Gasteiger partial charge >= 0.3 is 41.9 Å². The van der Waals surface area contributed by atoms with E-state index in [0.717, 1.165) is 34.6 Å². The Labute approximate surface area is 373 Å². The molecule has 22 nitrogen and oxygen atoms in total. The standard InChI is InChI=1S/C40H60F3N3O19/c1-17-27(14-56-22(6)49)61-38(35(60-26(10)53)34(17)65-37-31(46-21(5)48)19(3)32(59-25(9)52)28(63-37)15-57-23(7)50)64-33-18(2)30(45-20(4)47)36(62-29(33)16-58-24(8)51)55-13-11-12-44-39(54)40(41,42)43/h17-19,27-38H,11-16H2,1-10H3,(H,44,54)(H,45,47)(H,46,48)/t17-,18+,19+,27?,28?,29?,30?,31?,32+,33-,34-,35?,36+,37+,38-/m0/s1. The summed E-state index contributed by atoms with van der Waals surface area (Å²) < 4.78 is 103. The smallest absolute Gasteiger partial charge is 0.463 e. The second-order valence-electron chi connectivity index (χ2n) is 15.9. The minimum absolute atomic E-state index is 0.109. The molecule has 370 valence electrons. The highest BCUT2D eigenvalue weighted by Crippen LogP contribution is 2.39. The van der Waals surface area contributed by atoms with Gasteiger partial charge in [0, 0.05) is 72.8 Å². The van der Waals surface area contributed by atoms with Crippen LogP contribution in [0.25, 0.3) is 0 Å². The van der Waals surface area contributed by atoms with Gasteiger partial charge < -0.3 is 68.1 Å². The highest BCUT2D eigenvalue weighted by atomic mass is 19.4. The first-order chi connectivity index (χ1) is 30.3. The molecule has 0 bridgehead atoms. The van der Waals surface area contributed by atoms with Gasteiger partial charge in [0.05, 0.1) is 24.8 Å². The molecule has 3 N–H and O–H groups in total. The van der Waals surface area contributed by atoms with Gasteiger partial charge in [0.2, 0.25) is 11.8 Å². The van der Waals surface area contributed by atoms with Gasteiger partial charge in [-0.05, 0) is 6.42 Å². The Morgan fingerprint density at radius 3 is 1.45 bits per heavy atom. The molecule has 0 aromatic carbocycles. The van der Waals surface area contributed by atoms with Crippen LogP contribution in [0, 0.1) is 17.8 Å². The molecule has 3 rings (SSSR count). The minimum Gasteiger partial charge on any atom is -0.463 e. The molecular formula is C40H60F3N3O19. The Morgan fingerprint density at radius 2 is 0.954 bits per heavy atom. The van der Waals surface area contributed by atoms with E-state index >= 15 is 0 Å². The number of alkyl halides is 3. The summed E-state index contributed by atoms with van der Waals surface area (Å²) in [4.78, 5) is 97.5. The molecule has 3 heterocycles. The molecule has 3 amide bonds. The number of hydrogen-bond acceptors (Lipinski definition) is 19. The maximum Gasteiger partial charge on any atom is 0.471 e. The fourth-order valence-electron chi connectivity index (χ4n) is 7.57. The third-order valence-corrected chi connectivity index (χ3v) is 10.5. The summed E-state index contributed by atoms with van der Waals surface area (Å²) >= 11 is 0. The maximum atomic E-state index is 12.9. The molecule has 65 heavy (non-hydrogen) atoms. The number of esters is 5. The van der Waals surface area contributed by atoms with Gasteiger partial charge in [0.25, 0.3) is 0 Å². The molecule has 3 aliphatic rings. The number of hydrogen-bond donors (Lipinski definition) is 3. The molecule has 25 heteroatoms. The van der Waals surface area contributed by atoms with Gasteiger partial charge in [-0.15, -0.1) is 0 Å². The molecule has 6 unspecified atom stereocenters. The number of amides is 3. The lowest BCUT2D eigenvalue weighted by Gasteiger charge is -2.51. The van der Waals surface area contributed by atoms with Crippen molar-refractivity contribution < 1.29 is 104 Å². The molecule has 3 saturated heterocycles. The normalized spacial score (nSPS) is 32.5. The second kappa shape index (κ2) is 24.7. The fraction of sp³-hybridized carbons (Fsp3) is 0.800. The molecule has 3 fully saturated rings. The summed E-state index contributed by atoms with van der Waals surface area (Å²) in [6.45, 7) is 11.1.